The molecule has 0 amide bonds. The van der Waals surface area contributed by atoms with Crippen LogP contribution in [0.1, 0.15) is 51.0 Å². The summed E-state index contributed by atoms with van der Waals surface area (Å²) in [5.41, 5.74) is 2.06. The van der Waals surface area contributed by atoms with Gasteiger partial charge in [0, 0.05) is 35.9 Å². The van der Waals surface area contributed by atoms with Gasteiger partial charge in [0.05, 0.1) is 0 Å². The van der Waals surface area contributed by atoms with Crippen molar-refractivity contribution >= 4 is 34.6 Å². The molecule has 1 aromatic carbocycles. The van der Waals surface area contributed by atoms with E-state index in [0.29, 0.717) is 6.04 Å². The Bertz CT molecular complexity index is 628. The van der Waals surface area contributed by atoms with E-state index < -0.39 is 0 Å². The third kappa shape index (κ3) is 4.71. The summed E-state index contributed by atoms with van der Waals surface area (Å²) in [6.45, 7) is 6.50. The highest BCUT2D eigenvalue weighted by Gasteiger charge is 2.31. The molecule has 3 nitrogen and oxygen atoms in total. The van der Waals surface area contributed by atoms with Crippen LogP contribution in [-0.2, 0) is 0 Å². The highest BCUT2D eigenvalue weighted by molar-refractivity contribution is 7.80. The molecule has 2 atom stereocenters. The van der Waals surface area contributed by atoms with Crippen molar-refractivity contribution < 1.29 is 0 Å². The number of nitrogens with zero attached hydrogens (tertiary/aromatic N) is 2. The van der Waals surface area contributed by atoms with E-state index in [1.165, 1.54) is 38.5 Å². The second-order valence-corrected chi connectivity index (χ2v) is 8.90. The molecule has 1 aliphatic heterocycles. The van der Waals surface area contributed by atoms with Crippen molar-refractivity contribution in [3.63, 3.8) is 0 Å². The molecule has 2 aliphatic rings. The molecular formula is C21H32ClN3S. The second-order valence-electron chi connectivity index (χ2n) is 8.11. The zero-order chi connectivity index (χ0) is 18.7. The predicted molar refractivity (Wildman–Crippen MR) is 116 cm³/mol. The Hall–Kier alpha value is -0.840. The van der Waals surface area contributed by atoms with Crippen LogP contribution in [0.4, 0.5) is 5.69 Å². The van der Waals surface area contributed by atoms with Crippen LogP contribution in [0, 0.1) is 12.8 Å². The lowest BCUT2D eigenvalue weighted by atomic mass is 9.84. The van der Waals surface area contributed by atoms with Gasteiger partial charge in [0.15, 0.2) is 5.11 Å². The first-order chi connectivity index (χ1) is 12.5. The predicted octanol–water partition coefficient (Wildman–Crippen LogP) is 5.32. The Morgan fingerprint density at radius 2 is 1.88 bits per heavy atom. The Morgan fingerprint density at radius 1 is 1.19 bits per heavy atom. The first kappa shape index (κ1) is 19.9. The Balaban J connectivity index is 1.51. The fourth-order valence-corrected chi connectivity index (χ4v) is 5.00. The molecule has 1 heterocycles. The lowest BCUT2D eigenvalue weighted by Gasteiger charge is -2.44. The van der Waals surface area contributed by atoms with Crippen LogP contribution in [0.2, 0.25) is 5.02 Å². The molecule has 0 radical (unpaired) electrons. The maximum Gasteiger partial charge on any atom is 0.173 e. The van der Waals surface area contributed by atoms with Gasteiger partial charge in [0.25, 0.3) is 0 Å². The Labute approximate surface area is 169 Å². The van der Waals surface area contributed by atoms with Crippen LogP contribution in [0.15, 0.2) is 18.2 Å². The van der Waals surface area contributed by atoms with Crippen LogP contribution in [0.25, 0.3) is 0 Å². The van der Waals surface area contributed by atoms with E-state index in [0.717, 1.165) is 46.4 Å². The van der Waals surface area contributed by atoms with E-state index in [9.17, 15) is 0 Å². The number of anilines is 1. The van der Waals surface area contributed by atoms with Gasteiger partial charge in [0.1, 0.15) is 0 Å². The van der Waals surface area contributed by atoms with Crippen molar-refractivity contribution in [3.05, 3.63) is 28.8 Å². The van der Waals surface area contributed by atoms with Crippen LogP contribution >= 0.6 is 23.8 Å². The summed E-state index contributed by atoms with van der Waals surface area (Å²) in [6.07, 6.45) is 7.94. The molecule has 3 rings (SSSR count). The first-order valence-corrected chi connectivity index (χ1v) is 10.8. The highest BCUT2D eigenvalue weighted by atomic mass is 35.5. The van der Waals surface area contributed by atoms with E-state index in [1.54, 1.807) is 0 Å². The number of halogens is 1. The smallest absolute Gasteiger partial charge is 0.173 e. The summed E-state index contributed by atoms with van der Waals surface area (Å²) in [5.74, 6) is 0.834. The molecule has 26 heavy (non-hydrogen) atoms. The van der Waals surface area contributed by atoms with Crippen LogP contribution < -0.4 is 5.32 Å². The van der Waals surface area contributed by atoms with Gasteiger partial charge in [-0.3, -0.25) is 0 Å². The van der Waals surface area contributed by atoms with Gasteiger partial charge < -0.3 is 15.1 Å². The lowest BCUT2D eigenvalue weighted by molar-refractivity contribution is 0.0691. The SMILES string of the molecule is Cc1ccc(NC(=S)N2CCC(N(C)[C@H]3CCCC[C@@H]3C)CC2)cc1Cl. The number of hydrogen-bond acceptors (Lipinski definition) is 2. The largest absolute Gasteiger partial charge is 0.349 e. The summed E-state index contributed by atoms with van der Waals surface area (Å²) in [5, 5.41) is 4.95. The fourth-order valence-electron chi connectivity index (χ4n) is 4.52. The number of rotatable bonds is 3. The zero-order valence-electron chi connectivity index (χ0n) is 16.3. The minimum Gasteiger partial charge on any atom is -0.349 e. The van der Waals surface area contributed by atoms with Crippen molar-refractivity contribution in [2.75, 3.05) is 25.5 Å². The number of hydrogen-bond donors (Lipinski definition) is 1. The molecule has 0 unspecified atom stereocenters. The Morgan fingerprint density at radius 3 is 2.54 bits per heavy atom. The molecule has 144 valence electrons. The molecule has 0 bridgehead atoms. The van der Waals surface area contributed by atoms with E-state index in [1.807, 2.05) is 25.1 Å². The number of likely N-dealkylation sites (tertiary alicyclic amines) is 1. The van der Waals surface area contributed by atoms with Gasteiger partial charge in [-0.25, -0.2) is 0 Å². The number of piperidine rings is 1. The van der Waals surface area contributed by atoms with E-state index >= 15 is 0 Å². The molecule has 1 saturated heterocycles. The summed E-state index contributed by atoms with van der Waals surface area (Å²) in [4.78, 5) is 4.98. The Kier molecular flexibility index (Phi) is 6.81. The van der Waals surface area contributed by atoms with Gasteiger partial charge in [0.2, 0.25) is 0 Å². The van der Waals surface area contributed by atoms with Crippen molar-refractivity contribution in [1.82, 2.24) is 9.80 Å². The molecule has 0 spiro atoms. The van der Waals surface area contributed by atoms with Gasteiger partial charge in [-0.15, -0.1) is 0 Å². The first-order valence-electron chi connectivity index (χ1n) is 9.99. The van der Waals surface area contributed by atoms with Crippen molar-refractivity contribution in [1.29, 1.82) is 0 Å². The van der Waals surface area contributed by atoms with E-state index in [2.05, 4.69) is 29.1 Å². The molecule has 1 aromatic rings. The fraction of sp³-hybridized carbons (Fsp3) is 0.667. The molecule has 1 N–H and O–H groups in total. The topological polar surface area (TPSA) is 18.5 Å². The second kappa shape index (κ2) is 8.90. The van der Waals surface area contributed by atoms with Crippen LogP contribution in [0.3, 0.4) is 0 Å². The molecule has 1 saturated carbocycles. The van der Waals surface area contributed by atoms with Crippen molar-refractivity contribution in [2.24, 2.45) is 5.92 Å². The van der Waals surface area contributed by atoms with Crippen molar-refractivity contribution in [2.45, 2.75) is 64.5 Å². The summed E-state index contributed by atoms with van der Waals surface area (Å²) in [7, 11) is 2.34. The zero-order valence-corrected chi connectivity index (χ0v) is 17.9. The summed E-state index contributed by atoms with van der Waals surface area (Å²) in [6, 6.07) is 7.47. The lowest BCUT2D eigenvalue weighted by Crippen LogP contribution is -2.51. The quantitative estimate of drug-likeness (QED) is 0.700. The minimum absolute atomic E-state index is 0.688. The monoisotopic (exact) mass is 393 g/mol. The van der Waals surface area contributed by atoms with Gasteiger partial charge >= 0.3 is 0 Å². The number of benzene rings is 1. The standard InChI is InChI=1S/C21H32ClN3S/c1-15-8-9-17(14-19(15)22)23-21(26)25-12-10-18(11-13-25)24(3)20-7-5-4-6-16(20)2/h8-9,14,16,18,20H,4-7,10-13H2,1-3H3,(H,23,26)/t16-,20-/m0/s1. The molecule has 0 aromatic heterocycles. The summed E-state index contributed by atoms with van der Waals surface area (Å²) < 4.78 is 0. The molecular weight excluding hydrogens is 362 g/mol. The normalized spacial score (nSPS) is 24.7. The van der Waals surface area contributed by atoms with Gasteiger partial charge in [-0.05, 0) is 75.5 Å². The minimum atomic E-state index is 0.688. The third-order valence-corrected chi connectivity index (χ3v) is 7.11. The van der Waals surface area contributed by atoms with Gasteiger partial charge in [-0.1, -0.05) is 37.4 Å². The highest BCUT2D eigenvalue weighted by Crippen LogP contribution is 2.30. The van der Waals surface area contributed by atoms with Crippen LogP contribution in [-0.4, -0.2) is 47.1 Å². The van der Waals surface area contributed by atoms with Gasteiger partial charge in [-0.2, -0.15) is 0 Å². The molecule has 5 heteroatoms. The van der Waals surface area contributed by atoms with E-state index in [4.69, 9.17) is 23.8 Å². The number of nitrogens with one attached hydrogen (secondary N) is 1. The average Bonchev–Trinajstić information content (AvgIpc) is 2.65. The van der Waals surface area contributed by atoms with Crippen molar-refractivity contribution in [3.8, 4) is 0 Å². The average molecular weight is 394 g/mol. The maximum absolute atomic E-state index is 6.22. The molecule has 2 fully saturated rings. The number of thiocarbonyl (C=S) groups is 1. The number of aryl methyl sites for hydroxylation is 1. The molecule has 1 aliphatic carbocycles. The van der Waals surface area contributed by atoms with E-state index in [-0.39, 0.29) is 0 Å². The summed E-state index contributed by atoms with van der Waals surface area (Å²) >= 11 is 11.9. The van der Waals surface area contributed by atoms with Crippen LogP contribution in [0.5, 0.6) is 0 Å². The maximum atomic E-state index is 6.22. The third-order valence-electron chi connectivity index (χ3n) is 6.34.